The first-order valence-corrected chi connectivity index (χ1v) is 11.0. The summed E-state index contributed by atoms with van der Waals surface area (Å²) in [7, 11) is 4.28. The van der Waals surface area contributed by atoms with Gasteiger partial charge in [0.2, 0.25) is 0 Å². The van der Waals surface area contributed by atoms with Crippen LogP contribution in [-0.2, 0) is 0 Å². The minimum atomic E-state index is -0.171. The van der Waals surface area contributed by atoms with Crippen molar-refractivity contribution in [3.8, 4) is 0 Å². The van der Waals surface area contributed by atoms with Crippen molar-refractivity contribution in [3.63, 3.8) is 0 Å². The predicted molar refractivity (Wildman–Crippen MR) is 124 cm³/mol. The summed E-state index contributed by atoms with van der Waals surface area (Å²) in [5, 5.41) is 2.97. The molecule has 2 fully saturated rings. The fraction of sp³-hybridized carbons (Fsp3) is 0.500. The van der Waals surface area contributed by atoms with Crippen molar-refractivity contribution in [2.45, 2.75) is 32.2 Å². The van der Waals surface area contributed by atoms with Crippen LogP contribution in [-0.4, -0.2) is 62.1 Å². The minimum absolute atomic E-state index is 0.171. The molecule has 160 valence electrons. The Morgan fingerprint density at radius 3 is 2.23 bits per heavy atom. The van der Waals surface area contributed by atoms with Gasteiger partial charge >= 0.3 is 0 Å². The van der Waals surface area contributed by atoms with E-state index in [1.807, 2.05) is 30.5 Å². The monoisotopic (exact) mass is 407 g/mol. The molecular formula is C24H33N5O. The second-order valence-electron chi connectivity index (χ2n) is 8.92. The van der Waals surface area contributed by atoms with Crippen LogP contribution in [0.1, 0.15) is 36.7 Å². The van der Waals surface area contributed by atoms with Gasteiger partial charge in [-0.05, 0) is 75.7 Å². The van der Waals surface area contributed by atoms with Gasteiger partial charge < -0.3 is 20.0 Å². The van der Waals surface area contributed by atoms with Gasteiger partial charge in [0.15, 0.2) is 0 Å². The number of amides is 1. The third-order valence-electron chi connectivity index (χ3n) is 6.51. The number of pyridine rings is 1. The Morgan fingerprint density at radius 2 is 1.63 bits per heavy atom. The summed E-state index contributed by atoms with van der Waals surface area (Å²) >= 11 is 0. The molecule has 0 radical (unpaired) electrons. The van der Waals surface area contributed by atoms with Crippen molar-refractivity contribution < 1.29 is 4.79 Å². The fourth-order valence-electron chi connectivity index (χ4n) is 4.32. The molecule has 2 aliphatic heterocycles. The fourth-order valence-corrected chi connectivity index (χ4v) is 4.32. The number of nitrogens with zero attached hydrogens (tertiary/aromatic N) is 4. The third kappa shape index (κ3) is 4.75. The number of anilines is 3. The van der Waals surface area contributed by atoms with Crippen molar-refractivity contribution in [1.82, 2.24) is 9.88 Å². The lowest BCUT2D eigenvalue weighted by molar-refractivity contribution is 0.102. The Kier molecular flexibility index (Phi) is 6.23. The molecule has 2 aliphatic rings. The molecule has 1 aromatic heterocycles. The molecular weight excluding hydrogens is 374 g/mol. The smallest absolute Gasteiger partial charge is 0.274 e. The average molecular weight is 408 g/mol. The van der Waals surface area contributed by atoms with E-state index in [0.717, 1.165) is 43.5 Å². The molecule has 0 saturated carbocycles. The number of benzene rings is 1. The summed E-state index contributed by atoms with van der Waals surface area (Å²) in [5.41, 5.74) is 3.55. The van der Waals surface area contributed by atoms with E-state index in [4.69, 9.17) is 0 Å². The zero-order valence-corrected chi connectivity index (χ0v) is 18.3. The number of carbonyl (C=O) groups is 1. The number of hydrogen-bond donors (Lipinski definition) is 1. The highest BCUT2D eigenvalue weighted by Gasteiger charge is 2.24. The van der Waals surface area contributed by atoms with Crippen molar-refractivity contribution >= 4 is 23.0 Å². The van der Waals surface area contributed by atoms with Crippen LogP contribution >= 0.6 is 0 Å². The van der Waals surface area contributed by atoms with Gasteiger partial charge in [-0.1, -0.05) is 6.92 Å². The zero-order valence-electron chi connectivity index (χ0n) is 18.3. The van der Waals surface area contributed by atoms with Gasteiger partial charge in [0.25, 0.3) is 5.91 Å². The summed E-state index contributed by atoms with van der Waals surface area (Å²) in [4.78, 5) is 24.1. The van der Waals surface area contributed by atoms with Gasteiger partial charge in [0.1, 0.15) is 5.69 Å². The van der Waals surface area contributed by atoms with Crippen LogP contribution in [0.4, 0.5) is 17.1 Å². The normalized spacial score (nSPS) is 20.1. The zero-order chi connectivity index (χ0) is 21.1. The molecule has 3 heterocycles. The maximum atomic E-state index is 12.6. The van der Waals surface area contributed by atoms with E-state index in [0.29, 0.717) is 11.7 Å². The van der Waals surface area contributed by atoms with Crippen molar-refractivity contribution in [3.05, 3.63) is 48.3 Å². The van der Waals surface area contributed by atoms with Crippen LogP contribution in [0.25, 0.3) is 0 Å². The molecule has 0 aliphatic carbocycles. The molecule has 4 rings (SSSR count). The summed E-state index contributed by atoms with van der Waals surface area (Å²) in [6.45, 7) is 6.55. The first-order valence-electron chi connectivity index (χ1n) is 11.0. The summed E-state index contributed by atoms with van der Waals surface area (Å²) in [6.07, 6.45) is 5.43. The lowest BCUT2D eigenvalue weighted by Crippen LogP contribution is -2.32. The summed E-state index contributed by atoms with van der Waals surface area (Å²) in [6, 6.07) is 12.5. The van der Waals surface area contributed by atoms with Crippen LogP contribution in [0.3, 0.4) is 0 Å². The van der Waals surface area contributed by atoms with E-state index in [9.17, 15) is 4.79 Å². The highest BCUT2D eigenvalue weighted by Crippen LogP contribution is 2.25. The quantitative estimate of drug-likeness (QED) is 0.819. The molecule has 0 bridgehead atoms. The molecule has 1 amide bonds. The molecule has 6 heteroatoms. The maximum Gasteiger partial charge on any atom is 0.274 e. The van der Waals surface area contributed by atoms with E-state index in [1.54, 1.807) is 0 Å². The molecule has 2 aromatic rings. The van der Waals surface area contributed by atoms with Crippen molar-refractivity contribution in [1.29, 1.82) is 0 Å². The molecule has 30 heavy (non-hydrogen) atoms. The summed E-state index contributed by atoms with van der Waals surface area (Å²) in [5.74, 6) is 0.626. The van der Waals surface area contributed by atoms with Crippen molar-refractivity contribution in [2.75, 3.05) is 55.4 Å². The first-order chi connectivity index (χ1) is 14.5. The molecule has 6 nitrogen and oxygen atoms in total. The number of nitrogens with one attached hydrogen (secondary N) is 1. The largest absolute Gasteiger partial charge is 0.370 e. The number of hydrogen-bond acceptors (Lipinski definition) is 5. The van der Waals surface area contributed by atoms with E-state index in [2.05, 4.69) is 58.2 Å². The van der Waals surface area contributed by atoms with E-state index >= 15 is 0 Å². The van der Waals surface area contributed by atoms with Crippen LogP contribution < -0.4 is 15.1 Å². The van der Waals surface area contributed by atoms with Crippen LogP contribution in [0.15, 0.2) is 42.6 Å². The molecule has 1 atom stereocenters. The van der Waals surface area contributed by atoms with E-state index in [-0.39, 0.29) is 5.91 Å². The Balaban J connectivity index is 1.33. The van der Waals surface area contributed by atoms with E-state index < -0.39 is 0 Å². The van der Waals surface area contributed by atoms with Gasteiger partial charge in [-0.15, -0.1) is 0 Å². The Labute approximate surface area is 179 Å². The Bertz CT molecular complexity index is 841. The molecule has 1 N–H and O–H groups in total. The van der Waals surface area contributed by atoms with Gasteiger partial charge in [0.05, 0.1) is 11.9 Å². The third-order valence-corrected chi connectivity index (χ3v) is 6.51. The molecule has 1 unspecified atom stereocenters. The van der Waals surface area contributed by atoms with Crippen molar-refractivity contribution in [2.24, 2.45) is 5.92 Å². The highest BCUT2D eigenvalue weighted by atomic mass is 16.1. The lowest BCUT2D eigenvalue weighted by Gasteiger charge is -2.31. The average Bonchev–Trinajstić information content (AvgIpc) is 3.26. The first kappa shape index (κ1) is 20.7. The van der Waals surface area contributed by atoms with E-state index in [1.165, 1.54) is 24.9 Å². The van der Waals surface area contributed by atoms with Gasteiger partial charge in [-0.2, -0.15) is 0 Å². The number of aromatic nitrogens is 1. The molecule has 2 saturated heterocycles. The van der Waals surface area contributed by atoms with Gasteiger partial charge in [-0.25, -0.2) is 4.98 Å². The SMILES string of the molecule is CC1CCN(c2ccc(C(=O)Nc3ccc(N4CCC(N(C)C)C4)cc3)nc2)CC1. The lowest BCUT2D eigenvalue weighted by atomic mass is 9.99. The Hall–Kier alpha value is -2.60. The summed E-state index contributed by atoms with van der Waals surface area (Å²) < 4.78 is 0. The molecule has 0 spiro atoms. The van der Waals surface area contributed by atoms with Gasteiger partial charge in [0, 0.05) is 43.6 Å². The second kappa shape index (κ2) is 9.04. The van der Waals surface area contributed by atoms with Crippen LogP contribution in [0.2, 0.25) is 0 Å². The highest BCUT2D eigenvalue weighted by molar-refractivity contribution is 6.03. The minimum Gasteiger partial charge on any atom is -0.370 e. The second-order valence-corrected chi connectivity index (χ2v) is 8.92. The maximum absolute atomic E-state index is 12.6. The number of piperidine rings is 1. The van der Waals surface area contributed by atoms with Crippen LogP contribution in [0.5, 0.6) is 0 Å². The van der Waals surface area contributed by atoms with Crippen LogP contribution in [0, 0.1) is 5.92 Å². The predicted octanol–water partition coefficient (Wildman–Crippen LogP) is 3.71. The number of rotatable bonds is 5. The Morgan fingerprint density at radius 1 is 0.967 bits per heavy atom. The topological polar surface area (TPSA) is 51.7 Å². The molecule has 1 aromatic carbocycles. The number of carbonyl (C=O) groups excluding carboxylic acids is 1. The number of likely N-dealkylation sites (N-methyl/N-ethyl adjacent to an activating group) is 1. The standard InChI is InChI=1S/C24H33N5O/c1-18-10-13-28(14-11-18)21-8-9-23(25-16-21)24(30)26-19-4-6-20(7-5-19)29-15-12-22(17-29)27(2)3/h4-9,16,18,22H,10-15,17H2,1-3H3,(H,26,30). The van der Waals surface area contributed by atoms with Gasteiger partial charge in [-0.3, -0.25) is 4.79 Å².